The van der Waals surface area contributed by atoms with E-state index in [1.807, 2.05) is 0 Å². The molecule has 0 aromatic rings. The fraction of sp³-hybridized carbons (Fsp3) is 1.00. The van der Waals surface area contributed by atoms with Crippen LogP contribution in [0.15, 0.2) is 0 Å². The fourth-order valence-electron chi connectivity index (χ4n) is 2.82. The first-order valence-electron chi connectivity index (χ1n) is 5.48. The van der Waals surface area contributed by atoms with Crippen molar-refractivity contribution in [2.45, 2.75) is 60.3 Å². The van der Waals surface area contributed by atoms with E-state index in [1.165, 1.54) is 25.7 Å². The smallest absolute Gasteiger partial charge is 0.0292 e. The van der Waals surface area contributed by atoms with Gasteiger partial charge in [-0.05, 0) is 29.6 Å². The SMILES string of the molecule is CCC1(CC)CC(C)(C(C)C)C1. The van der Waals surface area contributed by atoms with Gasteiger partial charge in [-0.1, -0.05) is 47.5 Å². The molecule has 0 heteroatoms. The fourth-order valence-corrected chi connectivity index (χ4v) is 2.82. The van der Waals surface area contributed by atoms with E-state index in [0.717, 1.165) is 11.3 Å². The van der Waals surface area contributed by atoms with Gasteiger partial charge in [0.2, 0.25) is 0 Å². The summed E-state index contributed by atoms with van der Waals surface area (Å²) >= 11 is 0. The standard InChI is InChI=1S/C12H24/c1-6-12(7-2)8-11(5,9-12)10(3)4/h10H,6-9H2,1-5H3. The van der Waals surface area contributed by atoms with Crippen molar-refractivity contribution in [3.63, 3.8) is 0 Å². The van der Waals surface area contributed by atoms with Crippen molar-refractivity contribution >= 4 is 0 Å². The van der Waals surface area contributed by atoms with Crippen LogP contribution in [0.1, 0.15) is 60.3 Å². The highest BCUT2D eigenvalue weighted by Crippen LogP contribution is 2.61. The second-order valence-electron chi connectivity index (χ2n) is 5.37. The van der Waals surface area contributed by atoms with Crippen LogP contribution in [0.3, 0.4) is 0 Å². The lowest BCUT2D eigenvalue weighted by atomic mass is 9.48. The van der Waals surface area contributed by atoms with Crippen molar-refractivity contribution in [1.29, 1.82) is 0 Å². The third-order valence-corrected chi connectivity index (χ3v) is 4.45. The van der Waals surface area contributed by atoms with Crippen LogP contribution in [0.2, 0.25) is 0 Å². The minimum atomic E-state index is 0.659. The summed E-state index contributed by atoms with van der Waals surface area (Å²) in [7, 11) is 0. The van der Waals surface area contributed by atoms with Crippen LogP contribution in [0.4, 0.5) is 0 Å². The van der Waals surface area contributed by atoms with Gasteiger partial charge in [0.25, 0.3) is 0 Å². The zero-order valence-corrected chi connectivity index (χ0v) is 9.41. The van der Waals surface area contributed by atoms with E-state index < -0.39 is 0 Å². The molecule has 1 rings (SSSR count). The molecule has 0 atom stereocenters. The van der Waals surface area contributed by atoms with Crippen LogP contribution in [0.5, 0.6) is 0 Å². The van der Waals surface area contributed by atoms with Gasteiger partial charge in [0.15, 0.2) is 0 Å². The summed E-state index contributed by atoms with van der Waals surface area (Å²) in [5, 5.41) is 0. The quantitative estimate of drug-likeness (QED) is 0.591. The van der Waals surface area contributed by atoms with E-state index in [0.29, 0.717) is 5.41 Å². The Morgan fingerprint density at radius 2 is 1.50 bits per heavy atom. The molecule has 1 fully saturated rings. The third-order valence-electron chi connectivity index (χ3n) is 4.45. The molecule has 0 nitrogen and oxygen atoms in total. The van der Waals surface area contributed by atoms with Gasteiger partial charge in [-0.15, -0.1) is 0 Å². The molecular weight excluding hydrogens is 144 g/mol. The highest BCUT2D eigenvalue weighted by atomic mass is 14.5. The molecule has 0 aromatic carbocycles. The predicted molar refractivity (Wildman–Crippen MR) is 55.2 cm³/mol. The van der Waals surface area contributed by atoms with Crippen molar-refractivity contribution in [2.75, 3.05) is 0 Å². The van der Waals surface area contributed by atoms with Gasteiger partial charge in [0, 0.05) is 0 Å². The molecule has 0 unspecified atom stereocenters. The number of rotatable bonds is 3. The maximum atomic E-state index is 2.46. The van der Waals surface area contributed by atoms with Crippen molar-refractivity contribution in [3.05, 3.63) is 0 Å². The Morgan fingerprint density at radius 3 is 1.75 bits per heavy atom. The maximum Gasteiger partial charge on any atom is -0.0292 e. The topological polar surface area (TPSA) is 0 Å². The van der Waals surface area contributed by atoms with Crippen LogP contribution in [-0.2, 0) is 0 Å². The second-order valence-corrected chi connectivity index (χ2v) is 5.37. The molecular formula is C12H24. The van der Waals surface area contributed by atoms with E-state index in [4.69, 9.17) is 0 Å². The maximum absolute atomic E-state index is 2.46. The minimum Gasteiger partial charge on any atom is -0.0649 e. The summed E-state index contributed by atoms with van der Waals surface area (Å²) in [4.78, 5) is 0. The normalized spacial score (nSPS) is 25.5. The first-order chi connectivity index (χ1) is 5.48. The lowest BCUT2D eigenvalue weighted by Crippen LogP contribution is -2.47. The van der Waals surface area contributed by atoms with Gasteiger partial charge in [-0.2, -0.15) is 0 Å². The van der Waals surface area contributed by atoms with Crippen molar-refractivity contribution in [1.82, 2.24) is 0 Å². The van der Waals surface area contributed by atoms with Gasteiger partial charge < -0.3 is 0 Å². The Bertz CT molecular complexity index is 141. The Balaban J connectivity index is 2.54. The summed E-state index contributed by atoms with van der Waals surface area (Å²) in [5.74, 6) is 0.865. The van der Waals surface area contributed by atoms with Crippen molar-refractivity contribution in [2.24, 2.45) is 16.7 Å². The highest BCUT2D eigenvalue weighted by Gasteiger charge is 2.50. The molecule has 0 bridgehead atoms. The van der Waals surface area contributed by atoms with Crippen molar-refractivity contribution < 1.29 is 0 Å². The minimum absolute atomic E-state index is 0.659. The summed E-state index contributed by atoms with van der Waals surface area (Å²) in [6.45, 7) is 11.9. The molecule has 0 aliphatic heterocycles. The average Bonchev–Trinajstić information content (AvgIpc) is 1.98. The molecule has 0 N–H and O–H groups in total. The van der Waals surface area contributed by atoms with Crippen LogP contribution >= 0.6 is 0 Å². The average molecular weight is 168 g/mol. The van der Waals surface area contributed by atoms with Gasteiger partial charge in [-0.25, -0.2) is 0 Å². The zero-order chi connectivity index (χ0) is 9.41. The van der Waals surface area contributed by atoms with E-state index in [9.17, 15) is 0 Å². The largest absolute Gasteiger partial charge is 0.0649 e. The molecule has 0 heterocycles. The highest BCUT2D eigenvalue weighted by molar-refractivity contribution is 5.00. The van der Waals surface area contributed by atoms with E-state index in [1.54, 1.807) is 0 Å². The Hall–Kier alpha value is 0. The number of hydrogen-bond acceptors (Lipinski definition) is 0. The van der Waals surface area contributed by atoms with Crippen LogP contribution in [0.25, 0.3) is 0 Å². The lowest BCUT2D eigenvalue weighted by Gasteiger charge is -2.57. The molecule has 1 aliphatic carbocycles. The van der Waals surface area contributed by atoms with E-state index >= 15 is 0 Å². The Morgan fingerprint density at radius 1 is 1.08 bits per heavy atom. The van der Waals surface area contributed by atoms with E-state index in [-0.39, 0.29) is 0 Å². The summed E-state index contributed by atoms with van der Waals surface area (Å²) < 4.78 is 0. The Kier molecular flexibility index (Phi) is 2.56. The molecule has 12 heavy (non-hydrogen) atoms. The molecule has 1 aliphatic rings. The molecule has 0 aromatic heterocycles. The predicted octanol–water partition coefficient (Wildman–Crippen LogP) is 4.25. The first-order valence-corrected chi connectivity index (χ1v) is 5.48. The number of hydrogen-bond donors (Lipinski definition) is 0. The van der Waals surface area contributed by atoms with Gasteiger partial charge >= 0.3 is 0 Å². The summed E-state index contributed by atoms with van der Waals surface area (Å²) in [5.41, 5.74) is 1.38. The monoisotopic (exact) mass is 168 g/mol. The zero-order valence-electron chi connectivity index (χ0n) is 9.41. The third kappa shape index (κ3) is 1.41. The molecule has 1 saturated carbocycles. The molecule has 0 spiro atoms. The first kappa shape index (κ1) is 10.1. The molecule has 0 radical (unpaired) electrons. The van der Waals surface area contributed by atoms with E-state index in [2.05, 4.69) is 34.6 Å². The molecule has 72 valence electrons. The second kappa shape index (κ2) is 3.05. The van der Waals surface area contributed by atoms with Gasteiger partial charge in [0.05, 0.1) is 0 Å². The Labute approximate surface area is 77.7 Å². The molecule has 0 saturated heterocycles. The summed E-state index contributed by atoms with van der Waals surface area (Å²) in [6, 6.07) is 0. The molecule has 0 amide bonds. The van der Waals surface area contributed by atoms with Crippen LogP contribution < -0.4 is 0 Å². The lowest BCUT2D eigenvalue weighted by molar-refractivity contribution is -0.0655. The van der Waals surface area contributed by atoms with Gasteiger partial charge in [0.1, 0.15) is 0 Å². The van der Waals surface area contributed by atoms with Crippen molar-refractivity contribution in [3.8, 4) is 0 Å². The van der Waals surface area contributed by atoms with Crippen LogP contribution in [0, 0.1) is 16.7 Å². The summed E-state index contributed by atoms with van der Waals surface area (Å²) in [6.07, 6.45) is 5.69. The van der Waals surface area contributed by atoms with Gasteiger partial charge in [-0.3, -0.25) is 0 Å². The van der Waals surface area contributed by atoms with Crippen LogP contribution in [-0.4, -0.2) is 0 Å².